The molecule has 2 aromatic rings. The summed E-state index contributed by atoms with van der Waals surface area (Å²) in [6, 6.07) is 6.75. The number of rotatable bonds is 3. The lowest BCUT2D eigenvalue weighted by molar-refractivity contribution is 0.0694. The summed E-state index contributed by atoms with van der Waals surface area (Å²) in [5, 5.41) is 13.2. The Balaban J connectivity index is 2.73. The van der Waals surface area contributed by atoms with Crippen molar-refractivity contribution >= 4 is 5.97 Å². The van der Waals surface area contributed by atoms with E-state index >= 15 is 0 Å². The number of carboxylic acid groups (broad SMARTS) is 1. The molecule has 0 unspecified atom stereocenters. The minimum Gasteiger partial charge on any atom is -0.496 e. The van der Waals surface area contributed by atoms with Gasteiger partial charge in [0, 0.05) is 12.6 Å². The second-order valence-corrected chi connectivity index (χ2v) is 4.38. The average Bonchev–Trinajstić information content (AvgIpc) is 2.41. The summed E-state index contributed by atoms with van der Waals surface area (Å²) >= 11 is 0. The first-order chi connectivity index (χ1) is 9.43. The maximum atomic E-state index is 11.7. The highest BCUT2D eigenvalue weighted by Crippen LogP contribution is 2.29. The van der Waals surface area contributed by atoms with E-state index in [1.165, 1.54) is 20.2 Å². The summed E-state index contributed by atoms with van der Waals surface area (Å²) in [5.41, 5.74) is 1.04. The molecule has 0 atom stereocenters. The molecule has 104 valence electrons. The van der Waals surface area contributed by atoms with E-state index in [0.29, 0.717) is 17.0 Å². The molecule has 1 aromatic carbocycles. The predicted molar refractivity (Wildman–Crippen MR) is 73.2 cm³/mol. The molecule has 0 fully saturated rings. The number of aromatic carboxylic acids is 1. The van der Waals surface area contributed by atoms with Crippen LogP contribution in [-0.4, -0.2) is 28.0 Å². The lowest BCUT2D eigenvalue weighted by Gasteiger charge is -2.10. The fourth-order valence-electron chi connectivity index (χ4n) is 1.92. The molecule has 20 heavy (non-hydrogen) atoms. The van der Waals surface area contributed by atoms with Crippen LogP contribution >= 0.6 is 0 Å². The minimum absolute atomic E-state index is 0.318. The number of benzene rings is 1. The van der Waals surface area contributed by atoms with Crippen LogP contribution in [0.25, 0.3) is 11.3 Å². The molecule has 2 rings (SSSR count). The molecular weight excluding hydrogens is 260 g/mol. The van der Waals surface area contributed by atoms with Gasteiger partial charge in [0.1, 0.15) is 11.3 Å². The third kappa shape index (κ3) is 2.40. The number of aryl methyl sites for hydroxylation is 2. The molecule has 1 aromatic heterocycles. The molecule has 0 spiro atoms. The molecule has 0 radical (unpaired) electrons. The van der Waals surface area contributed by atoms with E-state index in [1.807, 2.05) is 19.1 Å². The van der Waals surface area contributed by atoms with Crippen LogP contribution in [0, 0.1) is 6.92 Å². The van der Waals surface area contributed by atoms with Crippen LogP contribution < -0.4 is 10.3 Å². The SMILES string of the molecule is COc1ccc(C)cc1-c1cc(C(=O)O)c(=O)n(C)n1. The van der Waals surface area contributed by atoms with Crippen LogP contribution in [0.15, 0.2) is 29.1 Å². The van der Waals surface area contributed by atoms with E-state index < -0.39 is 11.5 Å². The molecule has 0 aliphatic heterocycles. The number of nitrogens with zero attached hydrogens (tertiary/aromatic N) is 2. The quantitative estimate of drug-likeness (QED) is 0.916. The third-order valence-electron chi connectivity index (χ3n) is 2.92. The first-order valence-electron chi connectivity index (χ1n) is 5.90. The van der Waals surface area contributed by atoms with E-state index in [1.54, 1.807) is 6.07 Å². The first kappa shape index (κ1) is 13.8. The van der Waals surface area contributed by atoms with Crippen LogP contribution in [0.2, 0.25) is 0 Å². The average molecular weight is 274 g/mol. The van der Waals surface area contributed by atoms with Gasteiger partial charge in [0.25, 0.3) is 5.56 Å². The van der Waals surface area contributed by atoms with Crippen LogP contribution in [0.5, 0.6) is 5.75 Å². The molecule has 0 saturated heterocycles. The molecule has 0 amide bonds. The first-order valence-corrected chi connectivity index (χ1v) is 5.90. The molecule has 6 heteroatoms. The minimum atomic E-state index is -1.28. The van der Waals surface area contributed by atoms with Crippen LogP contribution in [0.3, 0.4) is 0 Å². The fourth-order valence-corrected chi connectivity index (χ4v) is 1.92. The zero-order valence-electron chi connectivity index (χ0n) is 11.4. The Morgan fingerprint density at radius 1 is 1.35 bits per heavy atom. The highest BCUT2D eigenvalue weighted by molar-refractivity contribution is 5.88. The normalized spacial score (nSPS) is 10.3. The van der Waals surface area contributed by atoms with Crippen molar-refractivity contribution in [3.63, 3.8) is 0 Å². The van der Waals surface area contributed by atoms with Gasteiger partial charge in [-0.15, -0.1) is 0 Å². The van der Waals surface area contributed by atoms with Crippen molar-refractivity contribution in [1.29, 1.82) is 0 Å². The predicted octanol–water partition coefficient (Wildman–Crippen LogP) is 1.46. The summed E-state index contributed by atoms with van der Waals surface area (Å²) in [4.78, 5) is 22.8. The number of ether oxygens (including phenoxy) is 1. The molecule has 6 nitrogen and oxygen atoms in total. The molecule has 0 bridgehead atoms. The van der Waals surface area contributed by atoms with Gasteiger partial charge >= 0.3 is 5.97 Å². The van der Waals surface area contributed by atoms with Gasteiger partial charge in [-0.05, 0) is 25.1 Å². The number of carbonyl (C=O) groups is 1. The maximum absolute atomic E-state index is 11.7. The van der Waals surface area contributed by atoms with Gasteiger partial charge in [0.2, 0.25) is 0 Å². The van der Waals surface area contributed by atoms with Crippen molar-refractivity contribution in [2.24, 2.45) is 7.05 Å². The number of methoxy groups -OCH3 is 1. The van der Waals surface area contributed by atoms with Gasteiger partial charge in [-0.2, -0.15) is 5.10 Å². The highest BCUT2D eigenvalue weighted by atomic mass is 16.5. The summed E-state index contributed by atoms with van der Waals surface area (Å²) < 4.78 is 6.26. The number of hydrogen-bond donors (Lipinski definition) is 1. The second-order valence-electron chi connectivity index (χ2n) is 4.38. The standard InChI is InChI=1S/C14H14N2O4/c1-8-4-5-12(20-3)9(6-8)11-7-10(14(18)19)13(17)16(2)15-11/h4-7H,1-3H3,(H,18,19). The number of aromatic nitrogens is 2. The Hall–Kier alpha value is -2.63. The van der Waals surface area contributed by atoms with E-state index in [2.05, 4.69) is 5.10 Å². The van der Waals surface area contributed by atoms with E-state index in [-0.39, 0.29) is 5.56 Å². The lowest BCUT2D eigenvalue weighted by Crippen LogP contribution is -2.26. The molecule has 0 aliphatic carbocycles. The molecule has 1 N–H and O–H groups in total. The van der Waals surface area contributed by atoms with Crippen molar-refractivity contribution < 1.29 is 14.6 Å². The smallest absolute Gasteiger partial charge is 0.341 e. The number of carboxylic acids is 1. The Morgan fingerprint density at radius 2 is 2.05 bits per heavy atom. The molecular formula is C14H14N2O4. The molecule has 1 heterocycles. The summed E-state index contributed by atoms with van der Waals surface area (Å²) in [5.74, 6) is -0.709. The molecule has 0 aliphatic rings. The zero-order chi connectivity index (χ0) is 14.9. The van der Waals surface area contributed by atoms with Gasteiger partial charge < -0.3 is 9.84 Å². The third-order valence-corrected chi connectivity index (χ3v) is 2.92. The van der Waals surface area contributed by atoms with Gasteiger partial charge in [0.15, 0.2) is 0 Å². The van der Waals surface area contributed by atoms with Crippen molar-refractivity contribution in [3.05, 3.63) is 45.7 Å². The van der Waals surface area contributed by atoms with Crippen molar-refractivity contribution in [2.75, 3.05) is 7.11 Å². The van der Waals surface area contributed by atoms with E-state index in [9.17, 15) is 9.59 Å². The largest absolute Gasteiger partial charge is 0.496 e. The topological polar surface area (TPSA) is 81.4 Å². The fraction of sp³-hybridized carbons (Fsp3) is 0.214. The van der Waals surface area contributed by atoms with Gasteiger partial charge in [0.05, 0.1) is 12.8 Å². The second kappa shape index (κ2) is 5.16. The van der Waals surface area contributed by atoms with Crippen LogP contribution in [-0.2, 0) is 7.05 Å². The van der Waals surface area contributed by atoms with Crippen molar-refractivity contribution in [1.82, 2.24) is 9.78 Å². The highest BCUT2D eigenvalue weighted by Gasteiger charge is 2.16. The Labute approximate surface area is 115 Å². The van der Waals surface area contributed by atoms with Gasteiger partial charge in [-0.1, -0.05) is 11.6 Å². The van der Waals surface area contributed by atoms with Crippen molar-refractivity contribution in [2.45, 2.75) is 6.92 Å². The number of hydrogen-bond acceptors (Lipinski definition) is 4. The van der Waals surface area contributed by atoms with E-state index in [4.69, 9.17) is 9.84 Å². The maximum Gasteiger partial charge on any atom is 0.341 e. The summed E-state index contributed by atoms with van der Waals surface area (Å²) in [7, 11) is 2.94. The summed E-state index contributed by atoms with van der Waals surface area (Å²) in [6.07, 6.45) is 0. The van der Waals surface area contributed by atoms with Crippen molar-refractivity contribution in [3.8, 4) is 17.0 Å². The Kier molecular flexibility index (Phi) is 3.56. The van der Waals surface area contributed by atoms with E-state index in [0.717, 1.165) is 10.2 Å². The van der Waals surface area contributed by atoms with Crippen LogP contribution in [0.4, 0.5) is 0 Å². The van der Waals surface area contributed by atoms with Crippen LogP contribution in [0.1, 0.15) is 15.9 Å². The summed E-state index contributed by atoms with van der Waals surface area (Å²) in [6.45, 7) is 1.91. The molecule has 0 saturated carbocycles. The van der Waals surface area contributed by atoms with Gasteiger partial charge in [-0.3, -0.25) is 4.79 Å². The lowest BCUT2D eigenvalue weighted by atomic mass is 10.1. The monoisotopic (exact) mass is 274 g/mol. The zero-order valence-corrected chi connectivity index (χ0v) is 11.4. The van der Waals surface area contributed by atoms with Gasteiger partial charge in [-0.25, -0.2) is 9.48 Å². The Morgan fingerprint density at radius 3 is 2.65 bits per heavy atom. The Bertz CT molecular complexity index is 734.